The summed E-state index contributed by atoms with van der Waals surface area (Å²) in [4.78, 5) is 12.4. The van der Waals surface area contributed by atoms with E-state index in [9.17, 15) is 4.79 Å². The van der Waals surface area contributed by atoms with E-state index in [1.54, 1.807) is 0 Å². The summed E-state index contributed by atoms with van der Waals surface area (Å²) in [6.45, 7) is 1.91. The highest BCUT2D eigenvalue weighted by Crippen LogP contribution is 2.48. The minimum atomic E-state index is -0.120. The van der Waals surface area contributed by atoms with Crippen LogP contribution in [0.2, 0.25) is 0 Å². The van der Waals surface area contributed by atoms with E-state index in [0.717, 1.165) is 17.7 Å². The molecule has 0 spiro atoms. The van der Waals surface area contributed by atoms with E-state index >= 15 is 0 Å². The van der Waals surface area contributed by atoms with Gasteiger partial charge in [0.2, 0.25) is 5.91 Å². The van der Waals surface area contributed by atoms with Crippen molar-refractivity contribution >= 4 is 23.2 Å². The quantitative estimate of drug-likeness (QED) is 0.813. The van der Waals surface area contributed by atoms with Gasteiger partial charge in [0.05, 0.1) is 5.38 Å². The Morgan fingerprint density at radius 2 is 1.81 bits per heavy atom. The number of halogens is 1. The Bertz CT molecular complexity index is 639. The Balaban J connectivity index is 1.69. The highest BCUT2D eigenvalue weighted by Gasteiger charge is 2.43. The number of carbonyl (C=O) groups excluding carboxylic acids is 1. The number of amides is 1. The second kappa shape index (κ2) is 5.90. The van der Waals surface area contributed by atoms with Crippen molar-refractivity contribution in [1.29, 1.82) is 0 Å². The maximum Gasteiger partial charge on any atom is 0.228 e. The lowest BCUT2D eigenvalue weighted by atomic mass is 10.1. The van der Waals surface area contributed by atoms with E-state index < -0.39 is 0 Å². The maximum atomic E-state index is 12.4. The van der Waals surface area contributed by atoms with Crippen LogP contribution in [-0.4, -0.2) is 5.91 Å². The molecule has 3 unspecified atom stereocenters. The van der Waals surface area contributed by atoms with Crippen LogP contribution in [-0.2, 0) is 4.79 Å². The van der Waals surface area contributed by atoms with Crippen LogP contribution < -0.4 is 5.32 Å². The molecule has 2 aromatic rings. The molecule has 21 heavy (non-hydrogen) atoms. The van der Waals surface area contributed by atoms with Crippen LogP contribution in [0.1, 0.15) is 35.8 Å². The van der Waals surface area contributed by atoms with Crippen molar-refractivity contribution < 1.29 is 4.79 Å². The third kappa shape index (κ3) is 3.11. The van der Waals surface area contributed by atoms with E-state index in [2.05, 4.69) is 17.4 Å². The number of carbonyl (C=O) groups is 1. The summed E-state index contributed by atoms with van der Waals surface area (Å²) < 4.78 is 0. The van der Waals surface area contributed by atoms with Crippen LogP contribution in [0.25, 0.3) is 0 Å². The molecule has 0 saturated heterocycles. The van der Waals surface area contributed by atoms with Crippen molar-refractivity contribution in [3.05, 3.63) is 65.7 Å². The molecule has 1 fully saturated rings. The number of anilines is 1. The molecule has 2 aromatic carbocycles. The van der Waals surface area contributed by atoms with Crippen molar-refractivity contribution in [1.82, 2.24) is 0 Å². The Morgan fingerprint density at radius 3 is 2.52 bits per heavy atom. The van der Waals surface area contributed by atoms with Crippen molar-refractivity contribution in [2.75, 3.05) is 5.32 Å². The zero-order valence-corrected chi connectivity index (χ0v) is 12.7. The molecule has 1 N–H and O–H groups in total. The number of hydrogen-bond donors (Lipinski definition) is 1. The third-order valence-electron chi connectivity index (χ3n) is 4.00. The fourth-order valence-electron chi connectivity index (χ4n) is 2.74. The van der Waals surface area contributed by atoms with Gasteiger partial charge in [-0.25, -0.2) is 0 Å². The lowest BCUT2D eigenvalue weighted by molar-refractivity contribution is -0.117. The molecule has 0 radical (unpaired) electrons. The molecule has 0 aliphatic heterocycles. The van der Waals surface area contributed by atoms with Gasteiger partial charge in [-0.3, -0.25) is 4.79 Å². The number of rotatable bonds is 4. The summed E-state index contributed by atoms with van der Waals surface area (Å²) >= 11 is 6.16. The van der Waals surface area contributed by atoms with E-state index in [1.807, 2.05) is 49.4 Å². The first kappa shape index (κ1) is 14.2. The average molecular weight is 300 g/mol. The summed E-state index contributed by atoms with van der Waals surface area (Å²) in [7, 11) is 0. The molecule has 3 rings (SSSR count). The van der Waals surface area contributed by atoms with Crippen LogP contribution in [0.5, 0.6) is 0 Å². The fourth-order valence-corrected chi connectivity index (χ4v) is 2.93. The van der Waals surface area contributed by atoms with Crippen LogP contribution in [0.3, 0.4) is 0 Å². The van der Waals surface area contributed by atoms with Gasteiger partial charge in [-0.05, 0) is 36.5 Å². The summed E-state index contributed by atoms with van der Waals surface area (Å²) in [6.07, 6.45) is 0.925. The molecule has 3 heteroatoms. The highest BCUT2D eigenvalue weighted by molar-refractivity contribution is 6.21. The SMILES string of the molecule is CC(Cl)c1ccccc1NC(=O)C1CC1c1ccccc1. The third-order valence-corrected chi connectivity index (χ3v) is 4.24. The molecule has 0 aromatic heterocycles. The van der Waals surface area contributed by atoms with Crippen LogP contribution in [0.4, 0.5) is 5.69 Å². The zero-order chi connectivity index (χ0) is 14.8. The number of hydrogen-bond acceptors (Lipinski definition) is 1. The van der Waals surface area contributed by atoms with E-state index in [1.165, 1.54) is 5.56 Å². The standard InChI is InChI=1S/C18H18ClNO/c1-12(19)14-9-5-6-10-17(14)20-18(21)16-11-15(16)13-7-3-2-4-8-13/h2-10,12,15-16H,11H2,1H3,(H,20,21). The van der Waals surface area contributed by atoms with Gasteiger partial charge in [0.15, 0.2) is 0 Å². The van der Waals surface area contributed by atoms with Gasteiger partial charge in [-0.15, -0.1) is 11.6 Å². The molecule has 1 amide bonds. The number of para-hydroxylation sites is 1. The van der Waals surface area contributed by atoms with Crippen molar-refractivity contribution in [3.63, 3.8) is 0 Å². The fraction of sp³-hybridized carbons (Fsp3) is 0.278. The zero-order valence-electron chi connectivity index (χ0n) is 11.9. The Kier molecular flexibility index (Phi) is 3.98. The van der Waals surface area contributed by atoms with Crippen molar-refractivity contribution in [2.24, 2.45) is 5.92 Å². The molecule has 1 aliphatic carbocycles. The summed E-state index contributed by atoms with van der Waals surface area (Å²) in [5, 5.41) is 2.91. The van der Waals surface area contributed by atoms with Gasteiger partial charge in [0.1, 0.15) is 0 Å². The summed E-state index contributed by atoms with van der Waals surface area (Å²) in [6, 6.07) is 17.9. The smallest absolute Gasteiger partial charge is 0.228 e. The largest absolute Gasteiger partial charge is 0.326 e. The van der Waals surface area contributed by atoms with Crippen LogP contribution >= 0.6 is 11.6 Å². The molecule has 3 atom stereocenters. The first-order valence-electron chi connectivity index (χ1n) is 7.25. The first-order valence-corrected chi connectivity index (χ1v) is 7.69. The van der Waals surface area contributed by atoms with Gasteiger partial charge in [-0.2, -0.15) is 0 Å². The van der Waals surface area contributed by atoms with Crippen LogP contribution in [0, 0.1) is 5.92 Å². The predicted molar refractivity (Wildman–Crippen MR) is 86.6 cm³/mol. The molecule has 1 aliphatic rings. The number of alkyl halides is 1. The second-order valence-corrected chi connectivity index (χ2v) is 6.21. The molecular formula is C18H18ClNO. The Hall–Kier alpha value is -1.80. The van der Waals surface area contributed by atoms with Gasteiger partial charge < -0.3 is 5.32 Å². The lowest BCUT2D eigenvalue weighted by Gasteiger charge is -2.12. The summed E-state index contributed by atoms with van der Waals surface area (Å²) in [5.41, 5.74) is 3.03. The van der Waals surface area contributed by atoms with E-state index in [4.69, 9.17) is 11.6 Å². The minimum absolute atomic E-state index is 0.0751. The summed E-state index contributed by atoms with van der Waals surface area (Å²) in [5.74, 6) is 0.520. The normalized spacial score (nSPS) is 21.6. The predicted octanol–water partition coefficient (Wildman–Crippen LogP) is 4.73. The van der Waals surface area contributed by atoms with E-state index in [-0.39, 0.29) is 17.2 Å². The van der Waals surface area contributed by atoms with Gasteiger partial charge >= 0.3 is 0 Å². The Labute approximate surface area is 130 Å². The topological polar surface area (TPSA) is 29.1 Å². The molecule has 1 saturated carbocycles. The van der Waals surface area contributed by atoms with Gasteiger partial charge in [0.25, 0.3) is 0 Å². The van der Waals surface area contributed by atoms with Crippen molar-refractivity contribution in [2.45, 2.75) is 24.6 Å². The number of benzene rings is 2. The maximum absolute atomic E-state index is 12.4. The first-order chi connectivity index (χ1) is 10.2. The molecular weight excluding hydrogens is 282 g/mol. The van der Waals surface area contributed by atoms with E-state index in [0.29, 0.717) is 5.92 Å². The molecule has 2 nitrogen and oxygen atoms in total. The monoisotopic (exact) mass is 299 g/mol. The number of nitrogens with one attached hydrogen (secondary N) is 1. The molecule has 108 valence electrons. The van der Waals surface area contributed by atoms with Crippen LogP contribution in [0.15, 0.2) is 54.6 Å². The minimum Gasteiger partial charge on any atom is -0.326 e. The van der Waals surface area contributed by atoms with Gasteiger partial charge in [-0.1, -0.05) is 48.5 Å². The molecule has 0 bridgehead atoms. The molecule has 0 heterocycles. The Morgan fingerprint density at radius 1 is 1.14 bits per heavy atom. The lowest BCUT2D eigenvalue weighted by Crippen LogP contribution is -2.15. The highest BCUT2D eigenvalue weighted by atomic mass is 35.5. The van der Waals surface area contributed by atoms with Crippen molar-refractivity contribution in [3.8, 4) is 0 Å². The second-order valence-electron chi connectivity index (χ2n) is 5.55. The average Bonchev–Trinajstić information content (AvgIpc) is 3.29. The van der Waals surface area contributed by atoms with Gasteiger partial charge in [0, 0.05) is 11.6 Å².